The zero-order chi connectivity index (χ0) is 8.15. The van der Waals surface area contributed by atoms with Crippen molar-refractivity contribution in [3.05, 3.63) is 0 Å². The van der Waals surface area contributed by atoms with Crippen molar-refractivity contribution in [3.63, 3.8) is 0 Å². The van der Waals surface area contributed by atoms with E-state index in [1.54, 1.807) is 0 Å². The molecular formula is C8H19PSe. The molecule has 0 radical (unpaired) electrons. The van der Waals surface area contributed by atoms with Gasteiger partial charge in [0.15, 0.2) is 0 Å². The van der Waals surface area contributed by atoms with Crippen LogP contribution in [0.4, 0.5) is 0 Å². The van der Waals surface area contributed by atoms with Gasteiger partial charge in [0.05, 0.1) is 0 Å². The molecule has 0 unspecified atom stereocenters. The fourth-order valence-electron chi connectivity index (χ4n) is 0.994. The fraction of sp³-hybridized carbons (Fsp3) is 1.00. The monoisotopic (exact) mass is 226 g/mol. The SMILES string of the molecule is CC(C)C[PH](=[Se])CC(C)C. The van der Waals surface area contributed by atoms with Crippen LogP contribution in [0.1, 0.15) is 27.7 Å². The summed E-state index contributed by atoms with van der Waals surface area (Å²) in [4.78, 5) is 0. The van der Waals surface area contributed by atoms with Gasteiger partial charge in [-0.3, -0.25) is 0 Å². The second-order valence-electron chi connectivity index (χ2n) is 3.73. The Morgan fingerprint density at radius 2 is 1.30 bits per heavy atom. The fourth-order valence-corrected chi connectivity index (χ4v) is 7.18. The molecule has 0 aliphatic carbocycles. The molecule has 0 N–H and O–H groups in total. The normalized spacial score (nSPS) is 11.9. The van der Waals surface area contributed by atoms with Gasteiger partial charge in [-0.2, -0.15) is 0 Å². The van der Waals surface area contributed by atoms with E-state index in [9.17, 15) is 0 Å². The van der Waals surface area contributed by atoms with Crippen LogP contribution in [0.2, 0.25) is 0 Å². The molecule has 0 rings (SSSR count). The van der Waals surface area contributed by atoms with Gasteiger partial charge in [-0.15, -0.1) is 0 Å². The summed E-state index contributed by atoms with van der Waals surface area (Å²) in [6.07, 6.45) is 2.75. The van der Waals surface area contributed by atoms with Gasteiger partial charge in [0, 0.05) is 0 Å². The zero-order valence-electron chi connectivity index (χ0n) is 7.48. The molecule has 0 fully saturated rings. The first-order valence-electron chi connectivity index (χ1n) is 4.04. The van der Waals surface area contributed by atoms with Crippen molar-refractivity contribution < 1.29 is 0 Å². The number of hydrogen-bond donors (Lipinski definition) is 0. The minimum absolute atomic E-state index is 0.114. The summed E-state index contributed by atoms with van der Waals surface area (Å²) in [6.45, 7) is 9.23. The van der Waals surface area contributed by atoms with Crippen molar-refractivity contribution in [3.8, 4) is 0 Å². The molecule has 0 nitrogen and oxygen atoms in total. The summed E-state index contributed by atoms with van der Waals surface area (Å²) >= 11 is 3.34. The van der Waals surface area contributed by atoms with Crippen molar-refractivity contribution in [2.24, 2.45) is 11.8 Å². The summed E-state index contributed by atoms with van der Waals surface area (Å²) in [5, 5.41) is 0. The van der Waals surface area contributed by atoms with Gasteiger partial charge in [-0.05, 0) is 0 Å². The van der Waals surface area contributed by atoms with Crippen LogP contribution >= 0.6 is 6.17 Å². The second kappa shape index (κ2) is 5.58. The second-order valence-corrected chi connectivity index (χ2v) is 9.26. The molecule has 0 saturated carbocycles. The summed E-state index contributed by atoms with van der Waals surface area (Å²) in [5.41, 5.74) is 0. The van der Waals surface area contributed by atoms with Crippen LogP contribution in [0.25, 0.3) is 0 Å². The molecular weight excluding hydrogens is 206 g/mol. The van der Waals surface area contributed by atoms with Gasteiger partial charge in [0.2, 0.25) is 0 Å². The van der Waals surface area contributed by atoms with Gasteiger partial charge in [0.25, 0.3) is 0 Å². The molecule has 0 atom stereocenters. The van der Waals surface area contributed by atoms with Crippen LogP contribution in [0.5, 0.6) is 0 Å². The van der Waals surface area contributed by atoms with Crippen molar-refractivity contribution in [2.45, 2.75) is 27.7 Å². The van der Waals surface area contributed by atoms with E-state index in [-0.39, 0.29) is 6.17 Å². The maximum atomic E-state index is 3.34. The summed E-state index contributed by atoms with van der Waals surface area (Å²) in [7, 11) is 0. The maximum absolute atomic E-state index is 3.34. The van der Waals surface area contributed by atoms with Crippen LogP contribution in [0, 0.1) is 11.8 Å². The average Bonchev–Trinajstić information content (AvgIpc) is 1.58. The average molecular weight is 225 g/mol. The molecule has 0 aromatic rings. The van der Waals surface area contributed by atoms with Gasteiger partial charge in [-0.1, -0.05) is 0 Å². The Morgan fingerprint density at radius 3 is 1.50 bits per heavy atom. The Morgan fingerprint density at radius 1 is 1.00 bits per heavy atom. The Kier molecular flexibility index (Phi) is 6.11. The van der Waals surface area contributed by atoms with Crippen molar-refractivity contribution in [1.29, 1.82) is 0 Å². The number of hydrogen-bond acceptors (Lipinski definition) is 0. The standard InChI is InChI=1S/C8H19PSe/c1-7(2)5-9(10)6-8(3)4/h7-9H,5-6H2,1-4H3. The first kappa shape index (κ1) is 10.9. The summed E-state index contributed by atoms with van der Waals surface area (Å²) in [6, 6.07) is 0. The molecule has 0 heterocycles. The third-order valence-electron chi connectivity index (χ3n) is 1.27. The molecule has 2 heteroatoms. The van der Waals surface area contributed by atoms with E-state index in [4.69, 9.17) is 0 Å². The van der Waals surface area contributed by atoms with Crippen LogP contribution in [0.15, 0.2) is 0 Å². The van der Waals surface area contributed by atoms with Crippen LogP contribution in [-0.2, 0) is 0 Å². The van der Waals surface area contributed by atoms with Crippen molar-refractivity contribution in [1.82, 2.24) is 0 Å². The molecule has 0 spiro atoms. The molecule has 62 valence electrons. The first-order chi connectivity index (χ1) is 4.52. The van der Waals surface area contributed by atoms with Crippen molar-refractivity contribution in [2.75, 3.05) is 12.3 Å². The molecule has 0 amide bonds. The van der Waals surface area contributed by atoms with Crippen LogP contribution < -0.4 is 0 Å². The predicted molar refractivity (Wildman–Crippen MR) is 53.5 cm³/mol. The molecule has 0 bridgehead atoms. The molecule has 0 saturated heterocycles. The molecule has 0 aromatic heterocycles. The zero-order valence-corrected chi connectivity index (χ0v) is 10.2. The van der Waals surface area contributed by atoms with E-state index < -0.39 is 0 Å². The quantitative estimate of drug-likeness (QED) is 0.509. The van der Waals surface area contributed by atoms with Gasteiger partial charge in [0.1, 0.15) is 0 Å². The molecule has 0 aliphatic rings. The van der Waals surface area contributed by atoms with Gasteiger partial charge < -0.3 is 0 Å². The number of rotatable bonds is 4. The van der Waals surface area contributed by atoms with Crippen molar-refractivity contribution >= 4 is 21.3 Å². The van der Waals surface area contributed by atoms with Crippen LogP contribution in [-0.4, -0.2) is 27.4 Å². The first-order valence-corrected chi connectivity index (χ1v) is 8.43. The third kappa shape index (κ3) is 7.06. The topological polar surface area (TPSA) is 0 Å². The van der Waals surface area contributed by atoms with E-state index in [0.29, 0.717) is 0 Å². The molecule has 0 aliphatic heterocycles. The van der Waals surface area contributed by atoms with Gasteiger partial charge >= 0.3 is 73.1 Å². The summed E-state index contributed by atoms with van der Waals surface area (Å²) in [5.74, 6) is 1.77. The van der Waals surface area contributed by atoms with E-state index in [0.717, 1.165) is 11.8 Å². The predicted octanol–water partition coefficient (Wildman–Crippen LogP) is 2.60. The third-order valence-corrected chi connectivity index (χ3v) is 5.91. The van der Waals surface area contributed by atoms with E-state index >= 15 is 0 Å². The Bertz CT molecular complexity index is 95.8. The van der Waals surface area contributed by atoms with E-state index in [1.807, 2.05) is 0 Å². The Hall–Kier alpha value is 0.949. The minimum atomic E-state index is -0.114. The molecule has 10 heavy (non-hydrogen) atoms. The Balaban J connectivity index is 3.44. The van der Waals surface area contributed by atoms with E-state index in [1.165, 1.54) is 12.3 Å². The van der Waals surface area contributed by atoms with Crippen LogP contribution in [0.3, 0.4) is 0 Å². The molecule has 0 aromatic carbocycles. The Labute approximate surface area is 73.4 Å². The van der Waals surface area contributed by atoms with E-state index in [2.05, 4.69) is 42.8 Å². The van der Waals surface area contributed by atoms with Gasteiger partial charge in [-0.25, -0.2) is 0 Å². The summed E-state index contributed by atoms with van der Waals surface area (Å²) < 4.78 is 0.